The minimum Gasteiger partial charge on any atom is -0.490 e. The molecule has 1 N–H and O–H groups in total. The largest absolute Gasteiger partial charge is 0.490 e. The maximum atomic E-state index is 13.5. The standard InChI is InChI=1S/C34H32N2O6/c1-3-18-41-30-17-16-23(19-31(30)40-4-2)21-36-33(38)28(32(37)35-34(36)39)20-25-11-6-8-15-29(25)42-22-26-13-9-12-24-10-5-7-14-27(24)26/h5-17,19-20H,3-4,18,21-22H2,1-2H3,(H,35,37,39)/b28-20+. The zero-order valence-electron chi connectivity index (χ0n) is 23.6. The van der Waals surface area contributed by atoms with Crippen LogP contribution < -0.4 is 19.5 Å². The van der Waals surface area contributed by atoms with Crippen LogP contribution in [0.4, 0.5) is 4.79 Å². The number of rotatable bonds is 11. The first-order valence-electron chi connectivity index (χ1n) is 13.9. The van der Waals surface area contributed by atoms with E-state index in [4.69, 9.17) is 14.2 Å². The van der Waals surface area contributed by atoms with Crippen LogP contribution in [0.5, 0.6) is 17.2 Å². The molecule has 0 aliphatic carbocycles. The third-order valence-corrected chi connectivity index (χ3v) is 6.78. The number of para-hydroxylation sites is 1. The van der Waals surface area contributed by atoms with Gasteiger partial charge in [-0.05, 0) is 59.5 Å². The molecule has 0 spiro atoms. The van der Waals surface area contributed by atoms with Gasteiger partial charge >= 0.3 is 6.03 Å². The molecular formula is C34H32N2O6. The highest BCUT2D eigenvalue weighted by atomic mass is 16.5. The van der Waals surface area contributed by atoms with Crippen molar-refractivity contribution in [2.24, 2.45) is 0 Å². The molecule has 1 saturated heterocycles. The third kappa shape index (κ3) is 6.28. The number of hydrogen-bond acceptors (Lipinski definition) is 6. The number of imide groups is 2. The van der Waals surface area contributed by atoms with E-state index in [2.05, 4.69) is 5.32 Å². The average Bonchev–Trinajstić information content (AvgIpc) is 3.00. The molecule has 0 atom stereocenters. The molecule has 1 aliphatic rings. The Morgan fingerprint density at radius 1 is 0.786 bits per heavy atom. The van der Waals surface area contributed by atoms with Crippen LogP contribution in [0.1, 0.15) is 37.0 Å². The lowest BCUT2D eigenvalue weighted by Crippen LogP contribution is -2.53. The smallest absolute Gasteiger partial charge is 0.331 e. The molecular weight excluding hydrogens is 532 g/mol. The third-order valence-electron chi connectivity index (χ3n) is 6.78. The Balaban J connectivity index is 1.38. The van der Waals surface area contributed by atoms with Crippen LogP contribution in [-0.4, -0.2) is 36.0 Å². The van der Waals surface area contributed by atoms with E-state index >= 15 is 0 Å². The Hall–Kier alpha value is -5.11. The number of amides is 4. The fourth-order valence-electron chi connectivity index (χ4n) is 4.73. The number of carbonyl (C=O) groups is 3. The van der Waals surface area contributed by atoms with E-state index in [0.29, 0.717) is 48.2 Å². The van der Waals surface area contributed by atoms with Crippen molar-refractivity contribution in [1.29, 1.82) is 0 Å². The van der Waals surface area contributed by atoms with Crippen molar-refractivity contribution in [1.82, 2.24) is 10.2 Å². The molecule has 0 radical (unpaired) electrons. The zero-order valence-corrected chi connectivity index (χ0v) is 23.6. The van der Waals surface area contributed by atoms with Gasteiger partial charge in [-0.1, -0.05) is 73.7 Å². The Morgan fingerprint density at radius 3 is 2.40 bits per heavy atom. The molecule has 8 nitrogen and oxygen atoms in total. The van der Waals surface area contributed by atoms with Crippen LogP contribution in [0.15, 0.2) is 90.5 Å². The van der Waals surface area contributed by atoms with Gasteiger partial charge in [0, 0.05) is 5.56 Å². The number of fused-ring (bicyclic) bond motifs is 1. The second kappa shape index (κ2) is 13.0. The van der Waals surface area contributed by atoms with Crippen molar-refractivity contribution >= 4 is 34.7 Å². The second-order valence-corrected chi connectivity index (χ2v) is 9.74. The quantitative estimate of drug-likeness (QED) is 0.171. The van der Waals surface area contributed by atoms with E-state index in [0.717, 1.165) is 27.7 Å². The highest BCUT2D eigenvalue weighted by Gasteiger charge is 2.36. The number of nitrogens with one attached hydrogen (secondary N) is 1. The molecule has 0 aromatic heterocycles. The van der Waals surface area contributed by atoms with Gasteiger partial charge in [0.2, 0.25) is 0 Å². The average molecular weight is 565 g/mol. The van der Waals surface area contributed by atoms with Crippen LogP contribution in [0.3, 0.4) is 0 Å². The molecule has 214 valence electrons. The van der Waals surface area contributed by atoms with E-state index in [1.165, 1.54) is 6.08 Å². The Kier molecular flexibility index (Phi) is 8.82. The highest BCUT2D eigenvalue weighted by Crippen LogP contribution is 2.30. The van der Waals surface area contributed by atoms with Gasteiger partial charge in [-0.15, -0.1) is 0 Å². The second-order valence-electron chi connectivity index (χ2n) is 9.74. The van der Waals surface area contributed by atoms with Crippen molar-refractivity contribution in [2.45, 2.75) is 33.4 Å². The maximum absolute atomic E-state index is 13.5. The molecule has 0 bridgehead atoms. The summed E-state index contributed by atoms with van der Waals surface area (Å²) in [5, 5.41) is 4.49. The predicted molar refractivity (Wildman–Crippen MR) is 160 cm³/mol. The summed E-state index contributed by atoms with van der Waals surface area (Å²) >= 11 is 0. The summed E-state index contributed by atoms with van der Waals surface area (Å²) < 4.78 is 17.6. The van der Waals surface area contributed by atoms with Crippen LogP contribution in [0.25, 0.3) is 16.8 Å². The summed E-state index contributed by atoms with van der Waals surface area (Å²) in [4.78, 5) is 40.0. The summed E-state index contributed by atoms with van der Waals surface area (Å²) in [7, 11) is 0. The van der Waals surface area contributed by atoms with Gasteiger partial charge in [-0.3, -0.25) is 19.8 Å². The normalized spacial score (nSPS) is 14.3. The molecule has 42 heavy (non-hydrogen) atoms. The number of urea groups is 1. The Morgan fingerprint density at radius 2 is 1.57 bits per heavy atom. The fourth-order valence-corrected chi connectivity index (χ4v) is 4.73. The minimum absolute atomic E-state index is 0.0529. The molecule has 4 aromatic rings. The Bertz CT molecular complexity index is 1660. The van der Waals surface area contributed by atoms with E-state index in [9.17, 15) is 14.4 Å². The van der Waals surface area contributed by atoms with E-state index in [-0.39, 0.29) is 12.1 Å². The van der Waals surface area contributed by atoms with Crippen LogP contribution in [0.2, 0.25) is 0 Å². The molecule has 0 unspecified atom stereocenters. The van der Waals surface area contributed by atoms with Gasteiger partial charge in [0.25, 0.3) is 11.8 Å². The minimum atomic E-state index is -0.785. The first-order valence-corrected chi connectivity index (χ1v) is 13.9. The zero-order chi connectivity index (χ0) is 29.5. The Labute approximate surface area is 244 Å². The van der Waals surface area contributed by atoms with Gasteiger partial charge in [-0.25, -0.2) is 4.79 Å². The van der Waals surface area contributed by atoms with Gasteiger partial charge in [0.05, 0.1) is 19.8 Å². The van der Waals surface area contributed by atoms with Gasteiger partial charge in [0.1, 0.15) is 17.9 Å². The molecule has 0 saturated carbocycles. The van der Waals surface area contributed by atoms with Gasteiger partial charge in [0.15, 0.2) is 11.5 Å². The summed E-state index contributed by atoms with van der Waals surface area (Å²) in [5.41, 5.74) is 2.04. The van der Waals surface area contributed by atoms with E-state index in [1.807, 2.05) is 62.4 Å². The predicted octanol–water partition coefficient (Wildman–Crippen LogP) is 6.27. The highest BCUT2D eigenvalue weighted by molar-refractivity contribution is 6.31. The number of hydrogen-bond donors (Lipinski definition) is 1. The van der Waals surface area contributed by atoms with Crippen molar-refractivity contribution in [2.75, 3.05) is 13.2 Å². The van der Waals surface area contributed by atoms with Crippen molar-refractivity contribution < 1.29 is 28.6 Å². The SMILES string of the molecule is CCCOc1ccc(CN2C(=O)NC(=O)/C(=C\c3ccccc3OCc3cccc4ccccc34)C2=O)cc1OCC. The number of carbonyl (C=O) groups excluding carboxylic acids is 3. The number of ether oxygens (including phenoxy) is 3. The lowest BCUT2D eigenvalue weighted by molar-refractivity contribution is -0.130. The lowest BCUT2D eigenvalue weighted by Gasteiger charge is -2.27. The van der Waals surface area contributed by atoms with E-state index in [1.54, 1.807) is 36.4 Å². The van der Waals surface area contributed by atoms with E-state index < -0.39 is 17.8 Å². The summed E-state index contributed by atoms with van der Waals surface area (Å²) in [6, 6.07) is 25.7. The van der Waals surface area contributed by atoms with Crippen molar-refractivity contribution in [3.05, 3.63) is 107 Å². The molecule has 1 heterocycles. The van der Waals surface area contributed by atoms with Crippen LogP contribution in [-0.2, 0) is 22.7 Å². The summed E-state index contributed by atoms with van der Waals surface area (Å²) in [6.45, 7) is 5.09. The summed E-state index contributed by atoms with van der Waals surface area (Å²) in [6.07, 6.45) is 2.30. The number of benzene rings is 4. The van der Waals surface area contributed by atoms with Crippen molar-refractivity contribution in [3.8, 4) is 17.2 Å². The summed E-state index contributed by atoms with van der Waals surface area (Å²) in [5.74, 6) is 0.163. The number of nitrogens with zero attached hydrogens (tertiary/aromatic N) is 1. The maximum Gasteiger partial charge on any atom is 0.331 e. The fraction of sp³-hybridized carbons (Fsp3) is 0.206. The molecule has 4 amide bonds. The van der Waals surface area contributed by atoms with Crippen LogP contribution >= 0.6 is 0 Å². The number of barbiturate groups is 1. The molecule has 5 rings (SSSR count). The van der Waals surface area contributed by atoms with Gasteiger partial charge in [-0.2, -0.15) is 0 Å². The molecule has 1 aliphatic heterocycles. The van der Waals surface area contributed by atoms with Crippen LogP contribution in [0, 0.1) is 0 Å². The van der Waals surface area contributed by atoms with Gasteiger partial charge < -0.3 is 14.2 Å². The van der Waals surface area contributed by atoms with Crippen molar-refractivity contribution in [3.63, 3.8) is 0 Å². The first-order chi connectivity index (χ1) is 20.5. The lowest BCUT2D eigenvalue weighted by atomic mass is 10.0. The molecule has 4 aromatic carbocycles. The monoisotopic (exact) mass is 564 g/mol. The topological polar surface area (TPSA) is 94.2 Å². The first kappa shape index (κ1) is 28.4. The molecule has 1 fully saturated rings. The molecule has 8 heteroatoms.